The van der Waals surface area contributed by atoms with Gasteiger partial charge in [0.1, 0.15) is 5.60 Å². The Morgan fingerprint density at radius 2 is 1.82 bits per heavy atom. The molecule has 0 radical (unpaired) electrons. The number of rotatable bonds is 4. The topological polar surface area (TPSA) is 89.5 Å². The van der Waals surface area contributed by atoms with E-state index in [-0.39, 0.29) is 33.4 Å². The monoisotopic (exact) mass is 477 g/mol. The van der Waals surface area contributed by atoms with E-state index >= 15 is 0 Å². The Hall–Kier alpha value is -3.14. The van der Waals surface area contributed by atoms with E-state index in [0.717, 1.165) is 5.57 Å². The summed E-state index contributed by atoms with van der Waals surface area (Å²) < 4.78 is 72.6. The quantitative estimate of drug-likeness (QED) is 0.525. The van der Waals surface area contributed by atoms with Crippen LogP contribution in [0.3, 0.4) is 0 Å². The van der Waals surface area contributed by atoms with Crippen LogP contribution in [0, 0.1) is 23.4 Å². The number of nitrogens with one attached hydrogen (secondary N) is 1. The van der Waals surface area contributed by atoms with Crippen LogP contribution in [0.15, 0.2) is 51.8 Å². The number of anilines is 1. The first-order chi connectivity index (χ1) is 15.6. The summed E-state index contributed by atoms with van der Waals surface area (Å²) in [4.78, 5) is 24.5. The highest BCUT2D eigenvalue weighted by molar-refractivity contribution is 7.95. The molecule has 3 aliphatic rings. The number of carbonyl (C=O) groups excluding carboxylic acids is 2. The summed E-state index contributed by atoms with van der Waals surface area (Å²) in [5, 5.41) is 2.24. The van der Waals surface area contributed by atoms with Crippen LogP contribution in [0.5, 0.6) is 0 Å². The largest absolute Gasteiger partial charge is 0.458 e. The van der Waals surface area contributed by atoms with Crippen molar-refractivity contribution in [1.82, 2.24) is 0 Å². The van der Waals surface area contributed by atoms with E-state index in [4.69, 9.17) is 4.74 Å². The second-order valence-corrected chi connectivity index (χ2v) is 10.4. The number of ether oxygens (including phenoxy) is 1. The smallest absolute Gasteiger partial charge is 0.306 e. The number of sulfone groups is 1. The Bertz CT molecular complexity index is 1330. The summed E-state index contributed by atoms with van der Waals surface area (Å²) in [6, 6.07) is 6.54. The van der Waals surface area contributed by atoms with Crippen molar-refractivity contribution in [2.45, 2.75) is 42.6 Å². The SMILES string of the molecule is O=C1CC[C@]2(CC3=C(S(=O)(=O)c4cccc(C(=O)Nc5cc(F)c(F)c(F)c5)c4)C2CC3)O1. The van der Waals surface area contributed by atoms with Gasteiger partial charge in [0, 0.05) is 42.1 Å². The van der Waals surface area contributed by atoms with Crippen LogP contribution in [-0.2, 0) is 19.4 Å². The van der Waals surface area contributed by atoms with Gasteiger partial charge in [-0.3, -0.25) is 9.59 Å². The zero-order valence-corrected chi connectivity index (χ0v) is 18.0. The average molecular weight is 477 g/mol. The van der Waals surface area contributed by atoms with Gasteiger partial charge in [0.25, 0.3) is 5.91 Å². The van der Waals surface area contributed by atoms with E-state index in [1.54, 1.807) is 0 Å². The summed E-state index contributed by atoms with van der Waals surface area (Å²) in [7, 11) is -3.96. The van der Waals surface area contributed by atoms with Crippen LogP contribution in [0.4, 0.5) is 18.9 Å². The number of esters is 1. The molecule has 5 rings (SSSR count). The zero-order chi connectivity index (χ0) is 23.5. The average Bonchev–Trinajstić information content (AvgIpc) is 3.45. The molecule has 0 saturated carbocycles. The number of hydrogen-bond acceptors (Lipinski definition) is 5. The lowest BCUT2D eigenvalue weighted by atomic mass is 9.81. The Morgan fingerprint density at radius 3 is 2.48 bits per heavy atom. The van der Waals surface area contributed by atoms with E-state index in [2.05, 4.69) is 5.32 Å². The number of carbonyl (C=O) groups is 2. The van der Waals surface area contributed by atoms with E-state index in [1.807, 2.05) is 0 Å². The normalized spacial score (nSPS) is 24.0. The van der Waals surface area contributed by atoms with Crippen molar-refractivity contribution in [2.75, 3.05) is 5.32 Å². The molecule has 0 aromatic heterocycles. The third-order valence-corrected chi connectivity index (χ3v) is 8.58. The first-order valence-corrected chi connectivity index (χ1v) is 11.8. The summed E-state index contributed by atoms with van der Waals surface area (Å²) in [5.74, 6) is -6.14. The number of benzene rings is 2. The predicted molar refractivity (Wildman–Crippen MR) is 110 cm³/mol. The summed E-state index contributed by atoms with van der Waals surface area (Å²) in [6.07, 6.45) is 2.34. The second-order valence-electron chi connectivity index (χ2n) is 8.51. The standard InChI is InChI=1S/C23H18F3NO5S/c24-17-9-14(10-18(25)20(17)26)27-22(29)12-2-1-3-15(8-12)33(30,31)21-13-4-5-16(21)23(11-13)7-6-19(28)32-23/h1-3,8-10,16H,4-7,11H2,(H,27,29)/t16?,23-/m1/s1. The van der Waals surface area contributed by atoms with Gasteiger partial charge in [0.15, 0.2) is 17.5 Å². The van der Waals surface area contributed by atoms with Crippen molar-refractivity contribution in [3.63, 3.8) is 0 Å². The van der Waals surface area contributed by atoms with Crippen molar-refractivity contribution >= 4 is 27.4 Å². The maximum absolute atomic E-state index is 13.5. The molecule has 1 aliphatic heterocycles. The van der Waals surface area contributed by atoms with Crippen molar-refractivity contribution in [1.29, 1.82) is 0 Å². The first kappa shape index (κ1) is 21.7. The van der Waals surface area contributed by atoms with Gasteiger partial charge in [0.2, 0.25) is 9.84 Å². The van der Waals surface area contributed by atoms with E-state index in [1.165, 1.54) is 24.3 Å². The first-order valence-electron chi connectivity index (χ1n) is 10.4. The highest BCUT2D eigenvalue weighted by Crippen LogP contribution is 2.58. The van der Waals surface area contributed by atoms with Crippen LogP contribution in [0.25, 0.3) is 0 Å². The molecule has 1 unspecified atom stereocenters. The minimum atomic E-state index is -3.96. The van der Waals surface area contributed by atoms with Crippen LogP contribution >= 0.6 is 0 Å². The molecular formula is C23H18F3NO5S. The van der Waals surface area contributed by atoms with E-state index in [0.29, 0.717) is 37.8 Å². The van der Waals surface area contributed by atoms with Crippen LogP contribution < -0.4 is 5.32 Å². The molecule has 2 aromatic carbocycles. The highest BCUT2D eigenvalue weighted by Gasteiger charge is 2.59. The Morgan fingerprint density at radius 1 is 1.09 bits per heavy atom. The molecule has 6 nitrogen and oxygen atoms in total. The third-order valence-electron chi connectivity index (χ3n) is 6.55. The maximum atomic E-state index is 13.5. The van der Waals surface area contributed by atoms with Gasteiger partial charge in [-0.25, -0.2) is 21.6 Å². The molecule has 2 aromatic rings. The van der Waals surface area contributed by atoms with E-state index < -0.39 is 44.7 Å². The predicted octanol–water partition coefficient (Wildman–Crippen LogP) is 4.27. The fourth-order valence-electron chi connectivity index (χ4n) is 5.13. The molecule has 2 atom stereocenters. The van der Waals surface area contributed by atoms with Gasteiger partial charge >= 0.3 is 5.97 Å². The van der Waals surface area contributed by atoms with Crippen LogP contribution in [0.1, 0.15) is 42.5 Å². The third kappa shape index (κ3) is 3.43. The van der Waals surface area contributed by atoms with Crippen LogP contribution in [-0.4, -0.2) is 25.9 Å². The molecule has 1 N–H and O–H groups in total. The van der Waals surface area contributed by atoms with Gasteiger partial charge in [-0.2, -0.15) is 0 Å². The number of hydrogen-bond donors (Lipinski definition) is 1. The van der Waals surface area contributed by atoms with Crippen molar-refractivity contribution in [3.8, 4) is 0 Å². The highest BCUT2D eigenvalue weighted by atomic mass is 32.2. The summed E-state index contributed by atoms with van der Waals surface area (Å²) in [5.41, 5.74) is -0.409. The fourth-order valence-corrected chi connectivity index (χ4v) is 7.19. The molecule has 172 valence electrons. The van der Waals surface area contributed by atoms with Gasteiger partial charge in [-0.05, 0) is 37.5 Å². The number of fused-ring (bicyclic) bond motifs is 2. The molecular weight excluding hydrogens is 459 g/mol. The van der Waals surface area contributed by atoms with Gasteiger partial charge in [0.05, 0.1) is 9.80 Å². The fraction of sp³-hybridized carbons (Fsp3) is 0.304. The Labute approximate surface area is 187 Å². The molecule has 1 spiro atoms. The van der Waals surface area contributed by atoms with Crippen molar-refractivity contribution < 1.29 is 35.9 Å². The molecule has 1 amide bonds. The lowest BCUT2D eigenvalue weighted by Crippen LogP contribution is -2.37. The maximum Gasteiger partial charge on any atom is 0.306 e. The zero-order valence-electron chi connectivity index (χ0n) is 17.2. The van der Waals surface area contributed by atoms with Crippen molar-refractivity contribution in [2.24, 2.45) is 5.92 Å². The van der Waals surface area contributed by atoms with Gasteiger partial charge in [-0.15, -0.1) is 0 Å². The molecule has 1 saturated heterocycles. The van der Waals surface area contributed by atoms with Crippen molar-refractivity contribution in [3.05, 3.63) is 69.9 Å². The molecule has 2 aliphatic carbocycles. The van der Waals surface area contributed by atoms with Gasteiger partial charge in [-0.1, -0.05) is 11.6 Å². The lowest BCUT2D eigenvalue weighted by Gasteiger charge is -2.33. The minimum Gasteiger partial charge on any atom is -0.458 e. The molecule has 1 fully saturated rings. The lowest BCUT2D eigenvalue weighted by molar-refractivity contribution is -0.151. The number of halogens is 3. The molecule has 33 heavy (non-hydrogen) atoms. The van der Waals surface area contributed by atoms with E-state index in [9.17, 15) is 31.2 Å². The summed E-state index contributed by atoms with van der Waals surface area (Å²) >= 11 is 0. The minimum absolute atomic E-state index is 0.0563. The molecule has 10 heteroatoms. The Kier molecular flexibility index (Phi) is 4.89. The number of amides is 1. The molecule has 1 heterocycles. The molecule has 2 bridgehead atoms. The Balaban J connectivity index is 1.43. The van der Waals surface area contributed by atoms with Crippen LogP contribution in [0.2, 0.25) is 0 Å². The second kappa shape index (κ2) is 7.44. The van der Waals surface area contributed by atoms with Gasteiger partial charge < -0.3 is 10.1 Å². The summed E-state index contributed by atoms with van der Waals surface area (Å²) in [6.45, 7) is 0.